The van der Waals surface area contributed by atoms with Crippen molar-refractivity contribution in [2.45, 2.75) is 48.9 Å². The Hall–Kier alpha value is -0.606. The van der Waals surface area contributed by atoms with Crippen molar-refractivity contribution in [2.75, 3.05) is 0 Å². The van der Waals surface area contributed by atoms with Gasteiger partial charge in [-0.3, -0.25) is 0 Å². The Labute approximate surface area is 117 Å². The summed E-state index contributed by atoms with van der Waals surface area (Å²) < 4.78 is 0. The Morgan fingerprint density at radius 1 is 0.722 bits per heavy atom. The minimum absolute atomic E-state index is 0.851. The van der Waals surface area contributed by atoms with Gasteiger partial charge >= 0.3 is 0 Å². The molecule has 2 unspecified atom stereocenters. The highest BCUT2D eigenvalue weighted by atomic mass is 28.2. The van der Waals surface area contributed by atoms with Crippen molar-refractivity contribution in [1.29, 1.82) is 0 Å². The Morgan fingerprint density at radius 2 is 1.22 bits per heavy atom. The standard InChI is InChI=1S/C16H22Si2/c1-3-9-15(10-4-1)17-13-7-8-14-18-16-11-5-2-6-12-16/h1-6,9,11,15-16H,7-8,10,12-14H2. The van der Waals surface area contributed by atoms with Crippen LogP contribution < -0.4 is 0 Å². The molecule has 0 nitrogen and oxygen atoms in total. The summed E-state index contributed by atoms with van der Waals surface area (Å²) in [6, 6.07) is 2.88. The zero-order chi connectivity index (χ0) is 12.5. The summed E-state index contributed by atoms with van der Waals surface area (Å²) in [6.07, 6.45) is 23.6. The molecule has 0 aliphatic heterocycles. The fourth-order valence-corrected chi connectivity index (χ4v) is 5.04. The monoisotopic (exact) mass is 270 g/mol. The third kappa shape index (κ3) is 5.36. The lowest BCUT2D eigenvalue weighted by Crippen LogP contribution is -2.03. The van der Waals surface area contributed by atoms with Gasteiger partial charge < -0.3 is 0 Å². The van der Waals surface area contributed by atoms with E-state index in [0.717, 1.165) is 30.1 Å². The molecule has 2 aliphatic carbocycles. The van der Waals surface area contributed by atoms with Crippen molar-refractivity contribution in [2.24, 2.45) is 0 Å². The Morgan fingerprint density at radius 3 is 1.61 bits per heavy atom. The molecule has 0 aromatic rings. The van der Waals surface area contributed by atoms with E-state index in [9.17, 15) is 0 Å². The molecule has 94 valence electrons. The fraction of sp³-hybridized carbons (Fsp3) is 0.500. The molecule has 0 aromatic carbocycles. The van der Waals surface area contributed by atoms with Crippen molar-refractivity contribution in [3.05, 3.63) is 48.6 Å². The Bertz CT molecular complexity index is 305. The molecule has 4 radical (unpaired) electrons. The molecule has 0 amide bonds. The van der Waals surface area contributed by atoms with Crippen LogP contribution in [0.3, 0.4) is 0 Å². The second-order valence-electron chi connectivity index (χ2n) is 4.93. The average molecular weight is 271 g/mol. The normalized spacial score (nSPS) is 25.8. The van der Waals surface area contributed by atoms with E-state index in [4.69, 9.17) is 0 Å². The summed E-state index contributed by atoms with van der Waals surface area (Å²) in [5.74, 6) is 0. The number of hydrogen-bond donors (Lipinski definition) is 0. The molecular weight excluding hydrogens is 248 g/mol. The van der Waals surface area contributed by atoms with E-state index in [0.29, 0.717) is 0 Å². The van der Waals surface area contributed by atoms with Gasteiger partial charge in [0.25, 0.3) is 0 Å². The van der Waals surface area contributed by atoms with Crippen LogP contribution >= 0.6 is 0 Å². The molecule has 0 N–H and O–H groups in total. The van der Waals surface area contributed by atoms with Crippen LogP contribution in [0, 0.1) is 0 Å². The van der Waals surface area contributed by atoms with Gasteiger partial charge in [-0.05, 0) is 23.9 Å². The number of allylic oxidation sites excluding steroid dienone is 8. The Kier molecular flexibility index (Phi) is 6.52. The molecule has 18 heavy (non-hydrogen) atoms. The first-order valence-electron chi connectivity index (χ1n) is 7.08. The molecule has 0 spiro atoms. The van der Waals surface area contributed by atoms with Crippen LogP contribution in [0.25, 0.3) is 0 Å². The summed E-state index contributed by atoms with van der Waals surface area (Å²) >= 11 is 0. The number of hydrogen-bond acceptors (Lipinski definition) is 0. The minimum atomic E-state index is 0.851. The number of unbranched alkanes of at least 4 members (excludes halogenated alkanes) is 1. The molecular formula is C16H22Si2. The molecule has 0 bridgehead atoms. The molecule has 0 heterocycles. The summed E-state index contributed by atoms with van der Waals surface area (Å²) in [5, 5.41) is 0. The second-order valence-corrected chi connectivity index (χ2v) is 8.23. The van der Waals surface area contributed by atoms with E-state index in [-0.39, 0.29) is 0 Å². The van der Waals surface area contributed by atoms with Crippen molar-refractivity contribution < 1.29 is 0 Å². The molecule has 0 aromatic heterocycles. The first-order chi connectivity index (χ1) is 8.95. The molecule has 0 fully saturated rings. The van der Waals surface area contributed by atoms with Gasteiger partial charge in [0.05, 0.1) is 0 Å². The van der Waals surface area contributed by atoms with Crippen LogP contribution in [0.5, 0.6) is 0 Å². The first-order valence-corrected chi connectivity index (χ1v) is 9.65. The third-order valence-corrected chi connectivity index (χ3v) is 6.57. The smallest absolute Gasteiger partial charge is 0.0468 e. The van der Waals surface area contributed by atoms with E-state index in [1.165, 1.54) is 37.8 Å². The maximum Gasteiger partial charge on any atom is 0.0468 e. The lowest BCUT2D eigenvalue weighted by molar-refractivity contribution is 0.852. The third-order valence-electron chi connectivity index (χ3n) is 3.38. The van der Waals surface area contributed by atoms with Crippen molar-refractivity contribution in [1.82, 2.24) is 0 Å². The minimum Gasteiger partial charge on any atom is -0.0843 e. The van der Waals surface area contributed by atoms with Crippen LogP contribution in [0.2, 0.25) is 23.2 Å². The highest BCUT2D eigenvalue weighted by molar-refractivity contribution is 6.39. The predicted molar refractivity (Wildman–Crippen MR) is 83.7 cm³/mol. The van der Waals surface area contributed by atoms with Gasteiger partial charge in [-0.2, -0.15) is 0 Å². The van der Waals surface area contributed by atoms with Gasteiger partial charge in [-0.1, -0.05) is 73.5 Å². The highest BCUT2D eigenvalue weighted by Crippen LogP contribution is 2.21. The maximum atomic E-state index is 2.39. The zero-order valence-electron chi connectivity index (χ0n) is 11.0. The number of rotatable bonds is 7. The quantitative estimate of drug-likeness (QED) is 0.468. The lowest BCUT2D eigenvalue weighted by atomic mass is 10.2. The summed E-state index contributed by atoms with van der Waals surface area (Å²) in [4.78, 5) is 0. The summed E-state index contributed by atoms with van der Waals surface area (Å²) in [7, 11) is 2.28. The maximum absolute atomic E-state index is 2.39. The Balaban J connectivity index is 1.44. The van der Waals surface area contributed by atoms with E-state index in [1.54, 1.807) is 0 Å². The topological polar surface area (TPSA) is 0 Å². The second kappa shape index (κ2) is 8.49. The SMILES string of the molecule is C1=CCC([Si]CCCC[Si]C2C=CC=CC2)C=C1. The van der Waals surface area contributed by atoms with Gasteiger partial charge in [0.2, 0.25) is 0 Å². The molecule has 0 saturated heterocycles. The van der Waals surface area contributed by atoms with Crippen molar-refractivity contribution in [3.8, 4) is 0 Å². The van der Waals surface area contributed by atoms with Crippen LogP contribution in [0.15, 0.2) is 48.6 Å². The molecule has 2 atom stereocenters. The van der Waals surface area contributed by atoms with Crippen LogP contribution in [-0.2, 0) is 0 Å². The van der Waals surface area contributed by atoms with E-state index >= 15 is 0 Å². The average Bonchev–Trinajstić information content (AvgIpc) is 2.45. The van der Waals surface area contributed by atoms with Gasteiger partial charge in [0.1, 0.15) is 0 Å². The summed E-state index contributed by atoms with van der Waals surface area (Å²) in [5.41, 5.74) is 1.70. The highest BCUT2D eigenvalue weighted by Gasteiger charge is 2.07. The molecule has 2 aliphatic rings. The van der Waals surface area contributed by atoms with Crippen molar-refractivity contribution >= 4 is 19.0 Å². The zero-order valence-corrected chi connectivity index (χ0v) is 13.0. The fourth-order valence-electron chi connectivity index (χ4n) is 2.29. The van der Waals surface area contributed by atoms with Gasteiger partial charge in [0, 0.05) is 19.0 Å². The van der Waals surface area contributed by atoms with Gasteiger partial charge in [-0.15, -0.1) is 0 Å². The van der Waals surface area contributed by atoms with E-state index in [2.05, 4.69) is 48.6 Å². The van der Waals surface area contributed by atoms with Crippen LogP contribution in [0.4, 0.5) is 0 Å². The molecule has 0 saturated carbocycles. The first kappa shape index (κ1) is 13.8. The van der Waals surface area contributed by atoms with Crippen LogP contribution in [0.1, 0.15) is 25.7 Å². The van der Waals surface area contributed by atoms with E-state index < -0.39 is 0 Å². The predicted octanol–water partition coefficient (Wildman–Crippen LogP) is 4.62. The van der Waals surface area contributed by atoms with Crippen LogP contribution in [-0.4, -0.2) is 19.0 Å². The van der Waals surface area contributed by atoms with E-state index in [1.807, 2.05) is 0 Å². The lowest BCUT2D eigenvalue weighted by Gasteiger charge is -2.12. The van der Waals surface area contributed by atoms with Crippen molar-refractivity contribution in [3.63, 3.8) is 0 Å². The largest absolute Gasteiger partial charge is 0.0843 e. The molecule has 2 heteroatoms. The van der Waals surface area contributed by atoms with Gasteiger partial charge in [-0.25, -0.2) is 0 Å². The molecule has 2 rings (SSSR count). The summed E-state index contributed by atoms with van der Waals surface area (Å²) in [6.45, 7) is 0. The van der Waals surface area contributed by atoms with Gasteiger partial charge in [0.15, 0.2) is 0 Å².